The number of ether oxygens (including phenoxy) is 1. The molecule has 2 rings (SSSR count). The molecule has 0 atom stereocenters. The molecule has 0 radical (unpaired) electrons. The van der Waals surface area contributed by atoms with Crippen molar-refractivity contribution in [3.05, 3.63) is 52.6 Å². The highest BCUT2D eigenvalue weighted by molar-refractivity contribution is 6.30. The van der Waals surface area contributed by atoms with Crippen LogP contribution in [-0.4, -0.2) is 30.0 Å². The highest BCUT2D eigenvalue weighted by Crippen LogP contribution is 2.16. The van der Waals surface area contributed by atoms with E-state index in [9.17, 15) is 4.39 Å². The van der Waals surface area contributed by atoms with E-state index in [2.05, 4.69) is 10.4 Å². The number of hydrogen-bond acceptors (Lipinski definition) is 3. The first-order valence-corrected chi connectivity index (χ1v) is 6.72. The monoisotopic (exact) mass is 297 g/mol. The predicted octanol–water partition coefficient (Wildman–Crippen LogP) is 2.46. The Bertz CT molecular complexity index is 559. The van der Waals surface area contributed by atoms with Crippen LogP contribution in [0.4, 0.5) is 4.39 Å². The van der Waals surface area contributed by atoms with Crippen LogP contribution in [0.2, 0.25) is 5.02 Å². The lowest BCUT2D eigenvalue weighted by Crippen LogP contribution is -2.18. The number of halogens is 2. The maximum Gasteiger partial charge on any atom is 0.141 e. The Hall–Kier alpha value is -1.43. The summed E-state index contributed by atoms with van der Waals surface area (Å²) in [6.07, 6.45) is 3.77. The third kappa shape index (κ3) is 4.30. The highest BCUT2D eigenvalue weighted by Gasteiger charge is 2.03. The first-order chi connectivity index (χ1) is 9.69. The summed E-state index contributed by atoms with van der Waals surface area (Å²) in [5.41, 5.74) is 2.01. The quantitative estimate of drug-likeness (QED) is 0.798. The van der Waals surface area contributed by atoms with Crippen molar-refractivity contribution in [2.45, 2.75) is 13.1 Å². The van der Waals surface area contributed by atoms with Crippen LogP contribution >= 0.6 is 11.6 Å². The summed E-state index contributed by atoms with van der Waals surface area (Å²) in [6, 6.07) is 4.70. The summed E-state index contributed by atoms with van der Waals surface area (Å²) in [5, 5.41) is 7.65. The van der Waals surface area contributed by atoms with Crippen molar-refractivity contribution in [1.29, 1.82) is 0 Å². The summed E-state index contributed by atoms with van der Waals surface area (Å²) in [5.74, 6) is -0.404. The molecule has 4 nitrogen and oxygen atoms in total. The van der Waals surface area contributed by atoms with Gasteiger partial charge in [0.2, 0.25) is 0 Å². The molecule has 1 aromatic carbocycles. The van der Waals surface area contributed by atoms with Crippen LogP contribution in [0.15, 0.2) is 30.6 Å². The Morgan fingerprint density at radius 1 is 1.40 bits per heavy atom. The Morgan fingerprint density at radius 2 is 2.25 bits per heavy atom. The van der Waals surface area contributed by atoms with Crippen LogP contribution in [0.3, 0.4) is 0 Å². The zero-order chi connectivity index (χ0) is 14.4. The van der Waals surface area contributed by atoms with Gasteiger partial charge in [0.05, 0.1) is 24.4 Å². The van der Waals surface area contributed by atoms with E-state index >= 15 is 0 Å². The van der Waals surface area contributed by atoms with Crippen molar-refractivity contribution in [3.63, 3.8) is 0 Å². The maximum absolute atomic E-state index is 13.1. The van der Waals surface area contributed by atoms with Gasteiger partial charge >= 0.3 is 0 Å². The van der Waals surface area contributed by atoms with Crippen molar-refractivity contribution in [2.24, 2.45) is 0 Å². The van der Waals surface area contributed by atoms with Gasteiger partial charge in [0, 0.05) is 32.0 Å². The molecule has 0 bridgehead atoms. The van der Waals surface area contributed by atoms with Crippen LogP contribution in [0, 0.1) is 5.82 Å². The van der Waals surface area contributed by atoms with Crippen LogP contribution < -0.4 is 5.32 Å². The second-order valence-electron chi connectivity index (χ2n) is 4.46. The molecule has 2 aromatic rings. The largest absolute Gasteiger partial charge is 0.383 e. The van der Waals surface area contributed by atoms with E-state index in [0.717, 1.165) is 24.2 Å². The third-order valence-corrected chi connectivity index (χ3v) is 3.12. The Kier molecular flexibility index (Phi) is 5.52. The minimum Gasteiger partial charge on any atom is -0.383 e. The molecule has 0 saturated heterocycles. The van der Waals surface area contributed by atoms with E-state index < -0.39 is 5.82 Å². The topological polar surface area (TPSA) is 39.1 Å². The van der Waals surface area contributed by atoms with E-state index in [-0.39, 0.29) is 5.02 Å². The molecule has 0 aliphatic rings. The smallest absolute Gasteiger partial charge is 0.141 e. The summed E-state index contributed by atoms with van der Waals surface area (Å²) < 4.78 is 19.8. The summed E-state index contributed by atoms with van der Waals surface area (Å²) in [7, 11) is 1.67. The molecule has 0 unspecified atom stereocenters. The fourth-order valence-corrected chi connectivity index (χ4v) is 2.02. The molecule has 108 valence electrons. The van der Waals surface area contributed by atoms with Crippen LogP contribution in [0.5, 0.6) is 0 Å². The van der Waals surface area contributed by atoms with Gasteiger partial charge in [-0.2, -0.15) is 5.10 Å². The fraction of sp³-hybridized carbons (Fsp3) is 0.357. The second-order valence-corrected chi connectivity index (χ2v) is 4.87. The van der Waals surface area contributed by atoms with Crippen molar-refractivity contribution in [1.82, 2.24) is 15.1 Å². The highest BCUT2D eigenvalue weighted by atomic mass is 35.5. The molecule has 1 N–H and O–H groups in total. The van der Waals surface area contributed by atoms with Gasteiger partial charge in [0.25, 0.3) is 0 Å². The number of aromatic nitrogens is 2. The minimum absolute atomic E-state index is 0.135. The molecule has 0 fully saturated rings. The molecule has 1 aromatic heterocycles. The van der Waals surface area contributed by atoms with Gasteiger partial charge < -0.3 is 10.1 Å². The predicted molar refractivity (Wildman–Crippen MR) is 76.3 cm³/mol. The average molecular weight is 298 g/mol. The van der Waals surface area contributed by atoms with E-state index in [1.54, 1.807) is 23.9 Å². The third-order valence-electron chi connectivity index (χ3n) is 2.83. The number of methoxy groups -OCH3 is 1. The van der Waals surface area contributed by atoms with E-state index in [1.807, 2.05) is 12.4 Å². The number of rotatable bonds is 7. The van der Waals surface area contributed by atoms with Gasteiger partial charge in [-0.3, -0.25) is 4.68 Å². The summed E-state index contributed by atoms with van der Waals surface area (Å²) in [6.45, 7) is 2.79. The molecule has 1 heterocycles. The molecule has 0 amide bonds. The average Bonchev–Trinajstić information content (AvgIpc) is 2.87. The maximum atomic E-state index is 13.1. The standard InChI is InChI=1S/C14H17ClFN3O/c1-20-5-4-17-7-12-8-18-19(10-12)9-11-2-3-14(16)13(15)6-11/h2-3,6,8,10,17H,4-5,7,9H2,1H3. The van der Waals surface area contributed by atoms with Gasteiger partial charge in [0.15, 0.2) is 0 Å². The van der Waals surface area contributed by atoms with E-state index in [1.165, 1.54) is 6.07 Å². The molecular formula is C14H17ClFN3O. The van der Waals surface area contributed by atoms with Crippen LogP contribution in [0.25, 0.3) is 0 Å². The van der Waals surface area contributed by atoms with Gasteiger partial charge in [-0.05, 0) is 17.7 Å². The van der Waals surface area contributed by atoms with Crippen molar-refractivity contribution in [2.75, 3.05) is 20.3 Å². The fourth-order valence-electron chi connectivity index (χ4n) is 1.82. The van der Waals surface area contributed by atoms with E-state index in [0.29, 0.717) is 13.2 Å². The molecule has 6 heteroatoms. The lowest BCUT2D eigenvalue weighted by Gasteiger charge is -2.03. The lowest BCUT2D eigenvalue weighted by atomic mass is 10.2. The van der Waals surface area contributed by atoms with Crippen molar-refractivity contribution in [3.8, 4) is 0 Å². The SMILES string of the molecule is COCCNCc1cnn(Cc2ccc(F)c(Cl)c2)c1. The molecular weight excluding hydrogens is 281 g/mol. The van der Waals surface area contributed by atoms with Gasteiger partial charge in [-0.15, -0.1) is 0 Å². The van der Waals surface area contributed by atoms with Gasteiger partial charge in [-0.1, -0.05) is 17.7 Å². The molecule has 20 heavy (non-hydrogen) atoms. The number of hydrogen-bond donors (Lipinski definition) is 1. The summed E-state index contributed by atoms with van der Waals surface area (Å²) >= 11 is 5.76. The molecule has 0 aliphatic carbocycles. The number of nitrogens with one attached hydrogen (secondary N) is 1. The first kappa shape index (κ1) is 15.0. The number of benzene rings is 1. The minimum atomic E-state index is -0.404. The zero-order valence-corrected chi connectivity index (χ0v) is 12.0. The Labute approximate surface area is 122 Å². The molecule has 0 spiro atoms. The van der Waals surface area contributed by atoms with Crippen molar-refractivity contribution >= 4 is 11.6 Å². The Balaban J connectivity index is 1.90. The molecule has 0 aliphatic heterocycles. The Morgan fingerprint density at radius 3 is 3.00 bits per heavy atom. The van der Waals surface area contributed by atoms with Gasteiger partial charge in [0.1, 0.15) is 5.82 Å². The zero-order valence-electron chi connectivity index (χ0n) is 11.3. The summed E-state index contributed by atoms with van der Waals surface area (Å²) in [4.78, 5) is 0. The van der Waals surface area contributed by atoms with Gasteiger partial charge in [-0.25, -0.2) is 4.39 Å². The molecule has 0 saturated carbocycles. The first-order valence-electron chi connectivity index (χ1n) is 6.34. The lowest BCUT2D eigenvalue weighted by molar-refractivity contribution is 0.199. The van der Waals surface area contributed by atoms with Crippen LogP contribution in [-0.2, 0) is 17.8 Å². The number of nitrogens with zero attached hydrogens (tertiary/aromatic N) is 2. The van der Waals surface area contributed by atoms with Crippen molar-refractivity contribution < 1.29 is 9.13 Å². The second kappa shape index (κ2) is 7.38. The van der Waals surface area contributed by atoms with E-state index in [4.69, 9.17) is 16.3 Å². The normalized spacial score (nSPS) is 10.9. The van der Waals surface area contributed by atoms with Crippen LogP contribution in [0.1, 0.15) is 11.1 Å².